The molecule has 82 valence electrons. The number of ether oxygens (including phenoxy) is 1. The number of carbonyl (C=O) groups is 1. The first kappa shape index (κ1) is 9.79. The molecule has 1 aliphatic heterocycles. The smallest absolute Gasteiger partial charge is 0.186 e. The average molecular weight is 214 g/mol. The lowest BCUT2D eigenvalue weighted by Crippen LogP contribution is -2.54. The molecular weight excluding hydrogens is 200 g/mol. The van der Waals surface area contributed by atoms with Crippen molar-refractivity contribution in [3.63, 3.8) is 0 Å². The monoisotopic (exact) mass is 214 g/mol. The van der Waals surface area contributed by atoms with Crippen LogP contribution in [0.25, 0.3) is 0 Å². The minimum Gasteiger partial charge on any atom is -0.360 e. The zero-order chi connectivity index (χ0) is 11.4. The lowest BCUT2D eigenvalue weighted by molar-refractivity contribution is -0.238. The van der Waals surface area contributed by atoms with Crippen LogP contribution in [0.2, 0.25) is 0 Å². The Morgan fingerprint density at radius 2 is 1.94 bits per heavy atom. The van der Waals surface area contributed by atoms with E-state index in [1.165, 1.54) is 0 Å². The fourth-order valence-corrected chi connectivity index (χ4v) is 2.82. The van der Waals surface area contributed by atoms with Crippen LogP contribution in [0, 0.1) is 0 Å². The van der Waals surface area contributed by atoms with Crippen molar-refractivity contribution < 1.29 is 9.53 Å². The summed E-state index contributed by atoms with van der Waals surface area (Å²) in [4.78, 5) is 11.7. The number of hydrogen-bond acceptors (Lipinski definition) is 2. The number of hydrogen-bond donors (Lipinski definition) is 0. The van der Waals surface area contributed by atoms with E-state index in [-0.39, 0.29) is 17.0 Å². The van der Waals surface area contributed by atoms with Crippen LogP contribution in [0.4, 0.5) is 0 Å². The molecule has 1 spiro atoms. The number of ketones is 1. The lowest BCUT2D eigenvalue weighted by Gasteiger charge is -2.53. The van der Waals surface area contributed by atoms with Gasteiger partial charge in [0, 0.05) is 12.0 Å². The van der Waals surface area contributed by atoms with Crippen LogP contribution in [0.3, 0.4) is 0 Å². The van der Waals surface area contributed by atoms with Gasteiger partial charge in [0.1, 0.15) is 5.60 Å². The van der Waals surface area contributed by atoms with Crippen LogP contribution >= 0.6 is 0 Å². The molecule has 2 heteroatoms. The number of fused-ring (bicyclic) bond motifs is 2. The second-order valence-electron chi connectivity index (χ2n) is 5.17. The Morgan fingerprint density at radius 3 is 2.62 bits per heavy atom. The summed E-state index contributed by atoms with van der Waals surface area (Å²) in [5.74, 6) is 0.0783. The highest BCUT2D eigenvalue weighted by Crippen LogP contribution is 2.51. The Hall–Kier alpha value is -1.41. The summed E-state index contributed by atoms with van der Waals surface area (Å²) in [5, 5.41) is 0. The van der Waals surface area contributed by atoms with Gasteiger partial charge in [-0.3, -0.25) is 4.79 Å². The molecule has 3 rings (SSSR count). The van der Waals surface area contributed by atoms with Crippen molar-refractivity contribution in [3.05, 3.63) is 47.5 Å². The van der Waals surface area contributed by atoms with Gasteiger partial charge in [0.25, 0.3) is 0 Å². The molecule has 0 aromatic heterocycles. The molecule has 2 nitrogen and oxygen atoms in total. The summed E-state index contributed by atoms with van der Waals surface area (Å²) >= 11 is 0. The van der Waals surface area contributed by atoms with Crippen LogP contribution in [0.5, 0.6) is 0 Å². The number of benzene rings is 1. The first-order valence-corrected chi connectivity index (χ1v) is 5.56. The first-order valence-electron chi connectivity index (χ1n) is 5.56. The summed E-state index contributed by atoms with van der Waals surface area (Å²) in [7, 11) is 0. The summed E-state index contributed by atoms with van der Waals surface area (Å²) in [5.41, 5.74) is 1.36. The van der Waals surface area contributed by atoms with Gasteiger partial charge in [0.2, 0.25) is 0 Å². The molecule has 1 aromatic rings. The molecule has 16 heavy (non-hydrogen) atoms. The maximum atomic E-state index is 11.7. The second-order valence-corrected chi connectivity index (χ2v) is 5.17. The van der Waals surface area contributed by atoms with Crippen molar-refractivity contribution in [2.24, 2.45) is 0 Å². The molecule has 2 aliphatic rings. The fraction of sp³-hybridized carbons (Fsp3) is 0.357. The Bertz CT molecular complexity index is 489. The standard InChI is InChI=1S/C14H14O2/c1-13(2)9-14(16-13)8-7-12(15)10-5-3-4-6-11(10)14/h3-8H,9H2,1-2H3. The third-order valence-corrected chi connectivity index (χ3v) is 3.30. The van der Waals surface area contributed by atoms with Crippen molar-refractivity contribution in [1.29, 1.82) is 0 Å². The second kappa shape index (κ2) is 2.83. The van der Waals surface area contributed by atoms with Crippen LogP contribution in [-0.4, -0.2) is 11.4 Å². The quantitative estimate of drug-likeness (QED) is 0.663. The van der Waals surface area contributed by atoms with Crippen LogP contribution < -0.4 is 0 Å². The van der Waals surface area contributed by atoms with Gasteiger partial charge in [-0.2, -0.15) is 0 Å². The van der Waals surface area contributed by atoms with Crippen molar-refractivity contribution >= 4 is 5.78 Å². The van der Waals surface area contributed by atoms with Gasteiger partial charge in [-0.15, -0.1) is 0 Å². The highest BCUT2D eigenvalue weighted by molar-refractivity contribution is 6.07. The molecule has 0 N–H and O–H groups in total. The average Bonchev–Trinajstić information content (AvgIpc) is 2.21. The Kier molecular flexibility index (Phi) is 1.73. The van der Waals surface area contributed by atoms with E-state index in [0.29, 0.717) is 0 Å². The van der Waals surface area contributed by atoms with Crippen molar-refractivity contribution in [1.82, 2.24) is 0 Å². The van der Waals surface area contributed by atoms with Gasteiger partial charge >= 0.3 is 0 Å². The largest absolute Gasteiger partial charge is 0.360 e. The lowest BCUT2D eigenvalue weighted by atomic mass is 9.72. The Balaban J connectivity index is 2.11. The number of carbonyl (C=O) groups excluding carboxylic acids is 1. The third kappa shape index (κ3) is 1.20. The van der Waals surface area contributed by atoms with Gasteiger partial charge in [0.15, 0.2) is 5.78 Å². The fourth-order valence-electron chi connectivity index (χ4n) is 2.82. The molecule has 1 atom stereocenters. The van der Waals surface area contributed by atoms with Gasteiger partial charge < -0.3 is 4.74 Å². The van der Waals surface area contributed by atoms with E-state index >= 15 is 0 Å². The van der Waals surface area contributed by atoms with Crippen LogP contribution in [0.1, 0.15) is 36.2 Å². The molecule has 1 saturated heterocycles. The van der Waals surface area contributed by atoms with E-state index in [1.807, 2.05) is 30.3 Å². The minimum atomic E-state index is -0.353. The van der Waals surface area contributed by atoms with E-state index in [2.05, 4.69) is 13.8 Å². The summed E-state index contributed by atoms with van der Waals surface area (Å²) < 4.78 is 5.99. The molecule has 0 bridgehead atoms. The SMILES string of the molecule is CC1(C)CC2(C=CC(=O)c3ccccc32)O1. The molecule has 1 heterocycles. The van der Waals surface area contributed by atoms with Crippen molar-refractivity contribution in [2.45, 2.75) is 31.5 Å². The number of allylic oxidation sites excluding steroid dienone is 1. The zero-order valence-electron chi connectivity index (χ0n) is 9.49. The van der Waals surface area contributed by atoms with E-state index in [0.717, 1.165) is 17.5 Å². The van der Waals surface area contributed by atoms with Gasteiger partial charge in [-0.1, -0.05) is 24.3 Å². The Morgan fingerprint density at radius 1 is 1.25 bits per heavy atom. The molecule has 0 amide bonds. The minimum absolute atomic E-state index is 0.0783. The van der Waals surface area contributed by atoms with Crippen LogP contribution in [-0.2, 0) is 10.3 Å². The van der Waals surface area contributed by atoms with E-state index in [1.54, 1.807) is 6.08 Å². The summed E-state index contributed by atoms with van der Waals surface area (Å²) in [6.45, 7) is 4.15. The highest BCUT2D eigenvalue weighted by atomic mass is 16.5. The first-order chi connectivity index (χ1) is 7.53. The maximum absolute atomic E-state index is 11.7. The molecule has 0 saturated carbocycles. The highest BCUT2D eigenvalue weighted by Gasteiger charge is 2.52. The Labute approximate surface area is 94.9 Å². The molecule has 1 unspecified atom stereocenters. The molecule has 1 fully saturated rings. The molecule has 1 aliphatic carbocycles. The normalized spacial score (nSPS) is 30.0. The van der Waals surface area contributed by atoms with E-state index in [4.69, 9.17) is 4.74 Å². The van der Waals surface area contributed by atoms with Crippen molar-refractivity contribution in [3.8, 4) is 0 Å². The number of rotatable bonds is 0. The van der Waals surface area contributed by atoms with E-state index in [9.17, 15) is 4.79 Å². The summed E-state index contributed by atoms with van der Waals surface area (Å²) in [6, 6.07) is 7.72. The zero-order valence-corrected chi connectivity index (χ0v) is 9.49. The predicted octanol–water partition coefficient (Wildman–Crippen LogP) is 2.83. The third-order valence-electron chi connectivity index (χ3n) is 3.30. The molecule has 0 radical (unpaired) electrons. The van der Waals surface area contributed by atoms with Crippen LogP contribution in [0.15, 0.2) is 36.4 Å². The van der Waals surface area contributed by atoms with Gasteiger partial charge in [-0.05, 0) is 31.6 Å². The van der Waals surface area contributed by atoms with Crippen molar-refractivity contribution in [2.75, 3.05) is 0 Å². The predicted molar refractivity (Wildman–Crippen MR) is 61.4 cm³/mol. The molecular formula is C14H14O2. The topological polar surface area (TPSA) is 26.3 Å². The summed E-state index contributed by atoms with van der Waals surface area (Å²) in [6.07, 6.45) is 4.47. The maximum Gasteiger partial charge on any atom is 0.186 e. The van der Waals surface area contributed by atoms with Gasteiger partial charge in [0.05, 0.1) is 5.60 Å². The molecule has 1 aromatic carbocycles. The van der Waals surface area contributed by atoms with E-state index < -0.39 is 0 Å². The van der Waals surface area contributed by atoms with Gasteiger partial charge in [-0.25, -0.2) is 0 Å².